The summed E-state index contributed by atoms with van der Waals surface area (Å²) in [7, 11) is 0. The van der Waals surface area contributed by atoms with E-state index in [9.17, 15) is 4.79 Å². The largest absolute Gasteiger partial charge is 0.451 e. The highest BCUT2D eigenvalue weighted by Gasteiger charge is 2.18. The van der Waals surface area contributed by atoms with Gasteiger partial charge < -0.3 is 15.1 Å². The lowest BCUT2D eigenvalue weighted by Crippen LogP contribution is -2.43. The normalized spacial score (nSPS) is 14.8. The van der Waals surface area contributed by atoms with Crippen LogP contribution in [0.4, 0.5) is 5.69 Å². The van der Waals surface area contributed by atoms with Crippen LogP contribution in [-0.4, -0.2) is 46.4 Å². The Balaban J connectivity index is 1.28. The summed E-state index contributed by atoms with van der Waals surface area (Å²) < 4.78 is 7.90. The molecule has 1 saturated heterocycles. The van der Waals surface area contributed by atoms with Gasteiger partial charge in [0.2, 0.25) is 0 Å². The number of hydrogen-bond acceptors (Lipinski definition) is 6. The highest BCUT2D eigenvalue weighted by atomic mass is 32.1. The number of benzene rings is 2. The molecule has 0 spiro atoms. The number of para-hydroxylation sites is 2. The number of rotatable bonds is 5. The number of hydrogen-bond donors (Lipinski definition) is 2. The molecule has 2 N–H and O–H groups in total. The maximum absolute atomic E-state index is 12.9. The number of carbonyl (C=O) groups excluding carboxylic acids is 1. The Morgan fingerprint density at radius 2 is 1.94 bits per heavy atom. The lowest BCUT2D eigenvalue weighted by molar-refractivity contribution is 0.0998. The zero-order valence-electron chi connectivity index (χ0n) is 18.0. The van der Waals surface area contributed by atoms with Crippen LogP contribution in [0.15, 0.2) is 70.6 Å². The Hall–Kier alpha value is -3.46. The second kappa shape index (κ2) is 8.47. The number of carbonyl (C=O) groups is 1. The monoisotopic (exact) mass is 457 g/mol. The number of nitrogens with one attached hydrogen (secondary N) is 2. The third-order valence-electron chi connectivity index (χ3n) is 5.98. The van der Waals surface area contributed by atoms with Crippen LogP contribution in [-0.2, 0) is 6.54 Å². The number of nitrogens with zero attached hydrogens (tertiary/aromatic N) is 3. The standard InChI is InChI=1S/C25H23N5O2S/c31-24(23-13-17-5-1-4-8-22(17)32-23)27-20-7-3-2-6-19(20)21-15-30-18(16-33-25(30)28-21)14-29-11-9-26-10-12-29/h1-8,13,15-16,26H,9-12,14H2,(H,27,31). The number of amides is 1. The fourth-order valence-corrected chi connectivity index (χ4v) is 5.13. The van der Waals surface area contributed by atoms with Gasteiger partial charge in [-0.3, -0.25) is 14.1 Å². The van der Waals surface area contributed by atoms with Gasteiger partial charge in [0.1, 0.15) is 5.58 Å². The SMILES string of the molecule is O=C(Nc1ccccc1-c1cn2c(CN3CCNCC3)csc2n1)c1cc2ccccc2o1. The van der Waals surface area contributed by atoms with Crippen molar-refractivity contribution in [2.45, 2.75) is 6.54 Å². The number of thiazole rings is 1. The Bertz CT molecular complexity index is 1410. The molecule has 5 aromatic rings. The maximum Gasteiger partial charge on any atom is 0.291 e. The minimum Gasteiger partial charge on any atom is -0.451 e. The summed E-state index contributed by atoms with van der Waals surface area (Å²) >= 11 is 1.64. The molecule has 1 fully saturated rings. The minimum absolute atomic E-state index is 0.279. The molecular weight excluding hydrogens is 434 g/mol. The molecule has 1 amide bonds. The lowest BCUT2D eigenvalue weighted by Gasteiger charge is -2.26. The van der Waals surface area contributed by atoms with Gasteiger partial charge in [0, 0.05) is 60.9 Å². The molecule has 0 unspecified atom stereocenters. The van der Waals surface area contributed by atoms with E-state index in [0.717, 1.165) is 54.3 Å². The molecule has 0 atom stereocenters. The van der Waals surface area contributed by atoms with E-state index in [-0.39, 0.29) is 11.7 Å². The summed E-state index contributed by atoms with van der Waals surface area (Å²) in [5.74, 6) is 0.00852. The molecule has 3 aromatic heterocycles. The number of imidazole rings is 1. The van der Waals surface area contributed by atoms with Crippen LogP contribution in [0.3, 0.4) is 0 Å². The van der Waals surface area contributed by atoms with Gasteiger partial charge >= 0.3 is 0 Å². The molecule has 0 radical (unpaired) electrons. The molecule has 6 rings (SSSR count). The van der Waals surface area contributed by atoms with E-state index in [1.165, 1.54) is 5.69 Å². The van der Waals surface area contributed by atoms with Gasteiger partial charge in [-0.2, -0.15) is 0 Å². The van der Waals surface area contributed by atoms with E-state index in [1.54, 1.807) is 17.4 Å². The van der Waals surface area contributed by atoms with E-state index < -0.39 is 0 Å². The van der Waals surface area contributed by atoms with Gasteiger partial charge in [-0.1, -0.05) is 36.4 Å². The van der Waals surface area contributed by atoms with Crippen molar-refractivity contribution in [2.75, 3.05) is 31.5 Å². The first kappa shape index (κ1) is 20.2. The van der Waals surface area contributed by atoms with Gasteiger partial charge in [-0.05, 0) is 18.2 Å². The molecule has 8 heteroatoms. The topological polar surface area (TPSA) is 74.8 Å². The summed E-state index contributed by atoms with van der Waals surface area (Å²) in [5, 5.41) is 9.50. The Kier molecular flexibility index (Phi) is 5.18. The van der Waals surface area contributed by atoms with Crippen molar-refractivity contribution in [3.8, 4) is 11.3 Å². The molecule has 4 heterocycles. The highest BCUT2D eigenvalue weighted by molar-refractivity contribution is 7.15. The van der Waals surface area contributed by atoms with E-state index in [0.29, 0.717) is 11.3 Å². The zero-order chi connectivity index (χ0) is 22.2. The molecule has 1 aliphatic heterocycles. The predicted molar refractivity (Wildman–Crippen MR) is 131 cm³/mol. The lowest BCUT2D eigenvalue weighted by atomic mass is 10.1. The third-order valence-corrected chi connectivity index (χ3v) is 6.87. The molecule has 2 aromatic carbocycles. The van der Waals surface area contributed by atoms with Crippen molar-refractivity contribution < 1.29 is 9.21 Å². The number of furan rings is 1. The fraction of sp³-hybridized carbons (Fsp3) is 0.200. The number of aromatic nitrogens is 2. The molecule has 33 heavy (non-hydrogen) atoms. The van der Waals surface area contributed by atoms with Crippen LogP contribution in [0.2, 0.25) is 0 Å². The van der Waals surface area contributed by atoms with Crippen LogP contribution >= 0.6 is 11.3 Å². The van der Waals surface area contributed by atoms with Crippen molar-refractivity contribution in [3.05, 3.63) is 77.6 Å². The fourth-order valence-electron chi connectivity index (χ4n) is 4.26. The van der Waals surface area contributed by atoms with Crippen molar-refractivity contribution in [2.24, 2.45) is 0 Å². The summed E-state index contributed by atoms with van der Waals surface area (Å²) in [5.41, 5.74) is 4.36. The molecule has 0 saturated carbocycles. The van der Waals surface area contributed by atoms with E-state index in [4.69, 9.17) is 9.40 Å². The van der Waals surface area contributed by atoms with E-state index >= 15 is 0 Å². The second-order valence-corrected chi connectivity index (χ2v) is 9.02. The summed E-state index contributed by atoms with van der Waals surface area (Å²) in [4.78, 5) is 21.2. The smallest absolute Gasteiger partial charge is 0.291 e. The van der Waals surface area contributed by atoms with Gasteiger partial charge in [0.25, 0.3) is 5.91 Å². The van der Waals surface area contributed by atoms with Crippen molar-refractivity contribution >= 4 is 38.9 Å². The summed E-state index contributed by atoms with van der Waals surface area (Å²) in [6.45, 7) is 5.06. The van der Waals surface area contributed by atoms with Crippen LogP contribution in [0.25, 0.3) is 27.2 Å². The number of fused-ring (bicyclic) bond motifs is 2. The zero-order valence-corrected chi connectivity index (χ0v) is 18.8. The van der Waals surface area contributed by atoms with E-state index in [1.807, 2.05) is 48.5 Å². The summed E-state index contributed by atoms with van der Waals surface area (Å²) in [6, 6.07) is 17.1. The Morgan fingerprint density at radius 3 is 2.82 bits per heavy atom. The average Bonchev–Trinajstić information content (AvgIpc) is 3.55. The Morgan fingerprint density at radius 1 is 1.12 bits per heavy atom. The minimum atomic E-state index is -0.279. The van der Waals surface area contributed by atoms with Crippen LogP contribution in [0, 0.1) is 0 Å². The average molecular weight is 458 g/mol. The quantitative estimate of drug-likeness (QED) is 0.407. The predicted octanol–water partition coefficient (Wildman–Crippen LogP) is 4.47. The number of piperazine rings is 1. The molecule has 7 nitrogen and oxygen atoms in total. The van der Waals surface area contributed by atoms with Crippen LogP contribution < -0.4 is 10.6 Å². The van der Waals surface area contributed by atoms with Crippen molar-refractivity contribution in [1.29, 1.82) is 0 Å². The first-order valence-corrected chi connectivity index (χ1v) is 11.9. The molecule has 0 aliphatic carbocycles. The Labute approximate surface area is 194 Å². The van der Waals surface area contributed by atoms with Gasteiger partial charge in [0.15, 0.2) is 10.7 Å². The van der Waals surface area contributed by atoms with Gasteiger partial charge in [0.05, 0.1) is 11.4 Å². The number of anilines is 1. The van der Waals surface area contributed by atoms with Crippen molar-refractivity contribution in [3.63, 3.8) is 0 Å². The van der Waals surface area contributed by atoms with Gasteiger partial charge in [-0.15, -0.1) is 11.3 Å². The summed E-state index contributed by atoms with van der Waals surface area (Å²) in [6.07, 6.45) is 2.07. The van der Waals surface area contributed by atoms with Crippen LogP contribution in [0.5, 0.6) is 0 Å². The van der Waals surface area contributed by atoms with Crippen LogP contribution in [0.1, 0.15) is 16.2 Å². The second-order valence-electron chi connectivity index (χ2n) is 8.18. The molecule has 166 valence electrons. The van der Waals surface area contributed by atoms with Gasteiger partial charge in [-0.25, -0.2) is 4.98 Å². The molecule has 1 aliphatic rings. The molecular formula is C25H23N5O2S. The molecule has 0 bridgehead atoms. The van der Waals surface area contributed by atoms with Crippen molar-refractivity contribution in [1.82, 2.24) is 19.6 Å². The van der Waals surface area contributed by atoms with E-state index in [2.05, 4.69) is 31.5 Å². The first-order chi connectivity index (χ1) is 16.2. The third kappa shape index (κ3) is 3.93. The first-order valence-electron chi connectivity index (χ1n) is 11.0. The maximum atomic E-state index is 12.9. The highest BCUT2D eigenvalue weighted by Crippen LogP contribution is 2.30.